The monoisotopic (exact) mass is 277 g/mol. The van der Waals surface area contributed by atoms with E-state index in [9.17, 15) is 22.4 Å². The third-order valence-electron chi connectivity index (χ3n) is 3.45. The quantitative estimate of drug-likeness (QED) is 0.833. The largest absolute Gasteiger partial charge is 0.480 e. The Hall–Kier alpha value is -1.63. The highest BCUT2D eigenvalue weighted by Crippen LogP contribution is 2.51. The highest BCUT2D eigenvalue weighted by atomic mass is 19.4. The molecule has 0 saturated heterocycles. The molecule has 1 aliphatic rings. The molecule has 3 N–H and O–H groups in total. The van der Waals surface area contributed by atoms with E-state index in [-0.39, 0.29) is 5.56 Å². The lowest BCUT2D eigenvalue weighted by atomic mass is 9.87. The van der Waals surface area contributed by atoms with Gasteiger partial charge in [0.2, 0.25) is 0 Å². The van der Waals surface area contributed by atoms with Crippen molar-refractivity contribution in [2.45, 2.75) is 30.5 Å². The van der Waals surface area contributed by atoms with Crippen LogP contribution in [-0.2, 0) is 16.4 Å². The second-order valence-corrected chi connectivity index (χ2v) is 4.70. The van der Waals surface area contributed by atoms with E-state index in [2.05, 4.69) is 0 Å². The lowest BCUT2D eigenvalue weighted by molar-refractivity contribution is -0.139. The van der Waals surface area contributed by atoms with Gasteiger partial charge in [0.15, 0.2) is 0 Å². The Bertz CT molecular complexity index is 523. The molecule has 7 heteroatoms. The molecule has 0 bridgehead atoms. The molecular weight excluding hydrogens is 266 g/mol. The topological polar surface area (TPSA) is 63.3 Å². The molecule has 2 rings (SSSR count). The van der Waals surface area contributed by atoms with Crippen LogP contribution < -0.4 is 5.73 Å². The first kappa shape index (κ1) is 13.8. The van der Waals surface area contributed by atoms with Gasteiger partial charge in [-0.3, -0.25) is 4.79 Å². The van der Waals surface area contributed by atoms with Crippen molar-refractivity contribution < 1.29 is 27.5 Å². The third kappa shape index (κ3) is 2.42. The van der Waals surface area contributed by atoms with Crippen LogP contribution in [-0.4, -0.2) is 17.1 Å². The summed E-state index contributed by atoms with van der Waals surface area (Å²) in [7, 11) is 0. The molecule has 19 heavy (non-hydrogen) atoms. The van der Waals surface area contributed by atoms with Crippen molar-refractivity contribution in [3.63, 3.8) is 0 Å². The summed E-state index contributed by atoms with van der Waals surface area (Å²) in [5.74, 6) is -2.36. The van der Waals surface area contributed by atoms with Crippen LogP contribution in [0.15, 0.2) is 18.2 Å². The average Bonchev–Trinajstić information content (AvgIpc) is 3.07. The number of hydrogen-bond acceptors (Lipinski definition) is 2. The highest BCUT2D eigenvalue weighted by molar-refractivity contribution is 5.77. The van der Waals surface area contributed by atoms with Crippen molar-refractivity contribution >= 4 is 5.97 Å². The van der Waals surface area contributed by atoms with E-state index >= 15 is 0 Å². The summed E-state index contributed by atoms with van der Waals surface area (Å²) in [5, 5.41) is 8.88. The first-order valence-electron chi connectivity index (χ1n) is 5.53. The summed E-state index contributed by atoms with van der Waals surface area (Å²) in [4.78, 5) is 10.9. The maximum absolute atomic E-state index is 13.3. The zero-order valence-corrected chi connectivity index (χ0v) is 9.67. The summed E-state index contributed by atoms with van der Waals surface area (Å²) in [6, 6.07) is 0.742. The first-order valence-corrected chi connectivity index (χ1v) is 5.53. The smallest absolute Gasteiger partial charge is 0.416 e. The van der Waals surface area contributed by atoms with Gasteiger partial charge in [0.05, 0.1) is 5.56 Å². The minimum absolute atomic E-state index is 0.00488. The van der Waals surface area contributed by atoms with Crippen molar-refractivity contribution in [1.29, 1.82) is 0 Å². The van der Waals surface area contributed by atoms with E-state index in [0.29, 0.717) is 18.9 Å². The van der Waals surface area contributed by atoms with Crippen molar-refractivity contribution in [3.05, 3.63) is 35.1 Å². The van der Waals surface area contributed by atoms with E-state index in [0.717, 1.165) is 12.1 Å². The van der Waals surface area contributed by atoms with Crippen LogP contribution in [0.4, 0.5) is 17.6 Å². The Morgan fingerprint density at radius 1 is 1.32 bits per heavy atom. The van der Waals surface area contributed by atoms with Gasteiger partial charge < -0.3 is 10.8 Å². The van der Waals surface area contributed by atoms with Crippen molar-refractivity contribution in [1.82, 2.24) is 0 Å². The van der Waals surface area contributed by atoms with Gasteiger partial charge in [0.25, 0.3) is 0 Å². The summed E-state index contributed by atoms with van der Waals surface area (Å²) in [6.45, 7) is 0. The number of halogens is 4. The number of nitrogens with two attached hydrogens (primary N) is 1. The molecule has 1 aliphatic carbocycles. The van der Waals surface area contributed by atoms with Crippen LogP contribution in [0, 0.1) is 5.82 Å². The zero-order chi connectivity index (χ0) is 14.4. The Balaban J connectivity index is 2.47. The average molecular weight is 277 g/mol. The van der Waals surface area contributed by atoms with E-state index in [1.54, 1.807) is 0 Å². The third-order valence-corrected chi connectivity index (χ3v) is 3.45. The fraction of sp³-hybridized carbons (Fsp3) is 0.417. The Morgan fingerprint density at radius 2 is 1.89 bits per heavy atom. The number of rotatable bonds is 3. The molecule has 1 atom stereocenters. The molecule has 3 nitrogen and oxygen atoms in total. The van der Waals surface area contributed by atoms with Gasteiger partial charge in [-0.05, 0) is 36.6 Å². The molecule has 1 saturated carbocycles. The molecule has 1 aromatic rings. The Labute approximate surface area is 106 Å². The van der Waals surface area contributed by atoms with Crippen molar-refractivity contribution in [3.8, 4) is 0 Å². The van der Waals surface area contributed by atoms with Crippen molar-refractivity contribution in [2.75, 3.05) is 0 Å². The number of carbonyl (C=O) groups is 1. The first-order chi connectivity index (χ1) is 8.67. The molecule has 1 unspecified atom stereocenters. The van der Waals surface area contributed by atoms with Crippen LogP contribution in [0.25, 0.3) is 0 Å². The number of aliphatic carboxylic acids is 1. The summed E-state index contributed by atoms with van der Waals surface area (Å²) in [6.07, 6.45) is -4.01. The standard InChI is InChI=1S/C12H11F4NO2/c13-8-4-6(3-7(5-8)12(14,15)16)11(1-2-11)9(17)10(18)19/h3-5,9H,1-2,17H2,(H,18,19). The fourth-order valence-corrected chi connectivity index (χ4v) is 2.19. The second-order valence-electron chi connectivity index (χ2n) is 4.70. The fourth-order valence-electron chi connectivity index (χ4n) is 2.19. The number of carboxylic acid groups (broad SMARTS) is 1. The van der Waals surface area contributed by atoms with Crippen LogP contribution in [0.1, 0.15) is 24.0 Å². The molecule has 0 heterocycles. The van der Waals surface area contributed by atoms with Crippen LogP contribution in [0.2, 0.25) is 0 Å². The van der Waals surface area contributed by atoms with Gasteiger partial charge in [-0.25, -0.2) is 4.39 Å². The van der Waals surface area contributed by atoms with Crippen LogP contribution in [0.5, 0.6) is 0 Å². The molecule has 0 radical (unpaired) electrons. The van der Waals surface area contributed by atoms with Gasteiger partial charge in [-0.1, -0.05) is 0 Å². The lowest BCUT2D eigenvalue weighted by Crippen LogP contribution is -2.42. The Morgan fingerprint density at radius 3 is 2.32 bits per heavy atom. The van der Waals surface area contributed by atoms with Crippen LogP contribution in [0.3, 0.4) is 0 Å². The number of alkyl halides is 3. The maximum atomic E-state index is 13.3. The maximum Gasteiger partial charge on any atom is 0.416 e. The molecule has 0 aromatic heterocycles. The van der Waals surface area contributed by atoms with E-state index in [1.807, 2.05) is 0 Å². The molecule has 104 valence electrons. The molecule has 1 aromatic carbocycles. The summed E-state index contributed by atoms with van der Waals surface area (Å²) in [5.41, 5.74) is 3.27. The van der Waals surface area contributed by atoms with Crippen LogP contribution >= 0.6 is 0 Å². The van der Waals surface area contributed by atoms with E-state index < -0.39 is 35.0 Å². The van der Waals surface area contributed by atoms with Gasteiger partial charge in [-0.15, -0.1) is 0 Å². The predicted molar refractivity (Wildman–Crippen MR) is 57.9 cm³/mol. The van der Waals surface area contributed by atoms with Gasteiger partial charge >= 0.3 is 12.1 Å². The highest BCUT2D eigenvalue weighted by Gasteiger charge is 2.53. The van der Waals surface area contributed by atoms with Gasteiger partial charge in [-0.2, -0.15) is 13.2 Å². The minimum atomic E-state index is -4.68. The molecule has 0 spiro atoms. The summed E-state index contributed by atoms with van der Waals surface area (Å²) >= 11 is 0. The summed E-state index contributed by atoms with van der Waals surface area (Å²) < 4.78 is 51.1. The SMILES string of the molecule is NC(C(=O)O)C1(c2cc(F)cc(C(F)(F)F)c2)CC1. The van der Waals surface area contributed by atoms with Gasteiger partial charge in [0.1, 0.15) is 11.9 Å². The zero-order valence-electron chi connectivity index (χ0n) is 9.67. The molecule has 1 fully saturated rings. The van der Waals surface area contributed by atoms with Crippen molar-refractivity contribution in [2.24, 2.45) is 5.73 Å². The lowest BCUT2D eigenvalue weighted by Gasteiger charge is -2.21. The van der Waals surface area contributed by atoms with E-state index in [4.69, 9.17) is 10.8 Å². The van der Waals surface area contributed by atoms with Gasteiger partial charge in [0, 0.05) is 5.41 Å². The normalized spacial score (nSPS) is 19.0. The number of benzene rings is 1. The Kier molecular flexibility index (Phi) is 3.04. The predicted octanol–water partition coefficient (Wildman–Crippen LogP) is 2.29. The molecule has 0 aliphatic heterocycles. The molecular formula is C12H11F4NO2. The molecule has 0 amide bonds. The van der Waals surface area contributed by atoms with E-state index in [1.165, 1.54) is 0 Å². The number of carboxylic acids is 1. The number of hydrogen-bond donors (Lipinski definition) is 2. The second kappa shape index (κ2) is 4.19. The minimum Gasteiger partial charge on any atom is -0.480 e.